The second-order valence-electron chi connectivity index (χ2n) is 8.45. The summed E-state index contributed by atoms with van der Waals surface area (Å²) >= 11 is 0. The molecular weight excluding hydrogens is 478 g/mol. The molecule has 12 heteroatoms. The highest BCUT2D eigenvalue weighted by Gasteiger charge is 2.18. The van der Waals surface area contributed by atoms with E-state index in [-0.39, 0.29) is 5.91 Å². The molecule has 202 valence electrons. The number of morpholine rings is 1. The number of carbonyl (C=O) groups excluding carboxylic acids is 2. The smallest absolute Gasteiger partial charge is 0.275 e. The van der Waals surface area contributed by atoms with E-state index in [1.165, 1.54) is 0 Å². The number of hydrogen-bond acceptors (Lipinski definition) is 10. The lowest BCUT2D eigenvalue weighted by Crippen LogP contribution is -2.39. The molecule has 1 fully saturated rings. The van der Waals surface area contributed by atoms with Crippen LogP contribution in [0, 0.1) is 0 Å². The molecule has 2 N–H and O–H groups in total. The summed E-state index contributed by atoms with van der Waals surface area (Å²) in [6, 6.07) is 5.22. The Balaban J connectivity index is 1.77. The van der Waals surface area contributed by atoms with Gasteiger partial charge in [0.25, 0.3) is 5.91 Å². The van der Waals surface area contributed by atoms with E-state index in [2.05, 4.69) is 25.7 Å². The average molecular weight is 516 g/mol. The summed E-state index contributed by atoms with van der Waals surface area (Å²) in [5.41, 5.74) is 4.31. The SMILES string of the molecule is CCONC(=O)c1cc(OC)cc(N(C)Cc2cnc(NCCN3CCOCC3)nc2N(C=O)CC)c1. The molecule has 0 atom stereocenters. The van der Waals surface area contributed by atoms with E-state index in [9.17, 15) is 9.59 Å². The van der Waals surface area contributed by atoms with Gasteiger partial charge < -0.3 is 19.7 Å². The molecular formula is C25H37N7O5. The van der Waals surface area contributed by atoms with Crippen molar-refractivity contribution in [1.82, 2.24) is 20.3 Å². The van der Waals surface area contributed by atoms with Crippen LogP contribution in [0.15, 0.2) is 24.4 Å². The number of hydroxylamine groups is 1. The number of aromatic nitrogens is 2. The molecule has 2 amide bonds. The van der Waals surface area contributed by atoms with Crippen LogP contribution in [0.1, 0.15) is 29.8 Å². The Morgan fingerprint density at radius 1 is 1.24 bits per heavy atom. The fourth-order valence-corrected chi connectivity index (χ4v) is 3.86. The van der Waals surface area contributed by atoms with Crippen LogP contribution in [0.4, 0.5) is 17.5 Å². The van der Waals surface area contributed by atoms with Crippen LogP contribution >= 0.6 is 0 Å². The number of nitrogens with zero attached hydrogens (tertiary/aromatic N) is 5. The molecule has 12 nitrogen and oxygen atoms in total. The quantitative estimate of drug-likeness (QED) is 0.283. The van der Waals surface area contributed by atoms with Crippen LogP contribution in [0.25, 0.3) is 0 Å². The number of rotatable bonds is 14. The molecule has 2 heterocycles. The van der Waals surface area contributed by atoms with Crippen molar-refractivity contribution < 1.29 is 23.9 Å². The average Bonchev–Trinajstić information content (AvgIpc) is 2.93. The van der Waals surface area contributed by atoms with Gasteiger partial charge in [-0.3, -0.25) is 24.2 Å². The Hall–Kier alpha value is -3.48. The molecule has 1 aromatic carbocycles. The van der Waals surface area contributed by atoms with Crippen molar-refractivity contribution in [3.8, 4) is 5.75 Å². The molecule has 0 radical (unpaired) electrons. The molecule has 37 heavy (non-hydrogen) atoms. The molecule has 2 aromatic rings. The van der Waals surface area contributed by atoms with Crippen LogP contribution in [-0.4, -0.2) is 93.9 Å². The van der Waals surface area contributed by atoms with Gasteiger partial charge >= 0.3 is 0 Å². The molecule has 1 aliphatic heterocycles. The number of carbonyl (C=O) groups is 2. The Labute approximate surface area is 217 Å². The Morgan fingerprint density at radius 2 is 2.03 bits per heavy atom. The fraction of sp³-hybridized carbons (Fsp3) is 0.520. The molecule has 0 unspecified atom stereocenters. The predicted molar refractivity (Wildman–Crippen MR) is 141 cm³/mol. The number of nitrogens with one attached hydrogen (secondary N) is 2. The minimum absolute atomic E-state index is 0.355. The van der Waals surface area contributed by atoms with Crippen molar-refractivity contribution in [2.45, 2.75) is 20.4 Å². The minimum Gasteiger partial charge on any atom is -0.497 e. The van der Waals surface area contributed by atoms with Gasteiger partial charge in [-0.25, -0.2) is 10.5 Å². The van der Waals surface area contributed by atoms with Crippen LogP contribution in [0.3, 0.4) is 0 Å². The molecule has 1 aliphatic rings. The van der Waals surface area contributed by atoms with E-state index in [1.54, 1.807) is 37.3 Å². The second kappa shape index (κ2) is 14.3. The zero-order chi connectivity index (χ0) is 26.6. The van der Waals surface area contributed by atoms with E-state index < -0.39 is 0 Å². The topological polar surface area (TPSA) is 121 Å². The molecule has 1 aromatic heterocycles. The van der Waals surface area contributed by atoms with E-state index in [0.29, 0.717) is 49.3 Å². The van der Waals surface area contributed by atoms with Gasteiger partial charge in [0.05, 0.1) is 26.9 Å². The van der Waals surface area contributed by atoms with Crippen molar-refractivity contribution in [2.75, 3.05) is 81.8 Å². The van der Waals surface area contributed by atoms with Crippen molar-refractivity contribution in [3.63, 3.8) is 0 Å². The zero-order valence-corrected chi connectivity index (χ0v) is 22.0. The summed E-state index contributed by atoms with van der Waals surface area (Å²) in [6.07, 6.45) is 2.50. The number of amides is 2. The first-order chi connectivity index (χ1) is 18.0. The third kappa shape index (κ3) is 8.00. The van der Waals surface area contributed by atoms with Crippen molar-refractivity contribution >= 4 is 29.8 Å². The van der Waals surface area contributed by atoms with E-state index in [1.807, 2.05) is 24.9 Å². The molecule has 0 saturated carbocycles. The lowest BCUT2D eigenvalue weighted by atomic mass is 10.1. The molecule has 3 rings (SSSR count). The normalized spacial score (nSPS) is 13.6. The molecule has 1 saturated heterocycles. The van der Waals surface area contributed by atoms with Crippen LogP contribution in [0.2, 0.25) is 0 Å². The lowest BCUT2D eigenvalue weighted by Gasteiger charge is -2.26. The Bertz CT molecular complexity index is 1030. The summed E-state index contributed by atoms with van der Waals surface area (Å²) < 4.78 is 10.8. The largest absolute Gasteiger partial charge is 0.497 e. The van der Waals surface area contributed by atoms with Gasteiger partial charge in [0.2, 0.25) is 12.4 Å². The van der Waals surface area contributed by atoms with Crippen LogP contribution < -0.4 is 25.3 Å². The van der Waals surface area contributed by atoms with E-state index in [4.69, 9.17) is 14.3 Å². The third-order valence-corrected chi connectivity index (χ3v) is 5.94. The fourth-order valence-electron chi connectivity index (χ4n) is 3.86. The summed E-state index contributed by atoms with van der Waals surface area (Å²) in [5, 5.41) is 3.27. The molecule has 0 bridgehead atoms. The Morgan fingerprint density at radius 3 is 2.70 bits per heavy atom. The predicted octanol–water partition coefficient (Wildman–Crippen LogP) is 1.53. The minimum atomic E-state index is -0.370. The highest BCUT2D eigenvalue weighted by atomic mass is 16.6. The highest BCUT2D eigenvalue weighted by molar-refractivity contribution is 5.95. The van der Waals surface area contributed by atoms with E-state index >= 15 is 0 Å². The highest BCUT2D eigenvalue weighted by Crippen LogP contribution is 2.27. The lowest BCUT2D eigenvalue weighted by molar-refractivity contribution is -0.107. The maximum atomic E-state index is 12.5. The second-order valence-corrected chi connectivity index (χ2v) is 8.45. The standard InChI is InChI=1S/C25H37N7O5/c1-5-32(18-33)23-20(16-27-25(28-23)26-7-8-31-9-11-36-12-10-31)17-30(3)21-13-19(14-22(15-21)35-4)24(34)29-37-6-2/h13-16,18H,5-12,17H2,1-4H3,(H,29,34)(H,26,27,28). The van der Waals surface area contributed by atoms with Gasteiger partial charge in [-0.2, -0.15) is 4.98 Å². The van der Waals surface area contributed by atoms with Crippen LogP contribution in [-0.2, 0) is 20.9 Å². The van der Waals surface area contributed by atoms with Crippen molar-refractivity contribution in [2.24, 2.45) is 0 Å². The van der Waals surface area contributed by atoms with Gasteiger partial charge in [0, 0.05) is 75.4 Å². The van der Waals surface area contributed by atoms with Crippen molar-refractivity contribution in [1.29, 1.82) is 0 Å². The molecule has 0 aliphatic carbocycles. The van der Waals surface area contributed by atoms with Crippen LogP contribution in [0.5, 0.6) is 5.75 Å². The number of methoxy groups -OCH3 is 1. The van der Waals surface area contributed by atoms with Gasteiger partial charge in [0.1, 0.15) is 11.6 Å². The molecule has 0 spiro atoms. The summed E-state index contributed by atoms with van der Waals surface area (Å²) in [7, 11) is 3.43. The first-order valence-corrected chi connectivity index (χ1v) is 12.4. The maximum Gasteiger partial charge on any atom is 0.275 e. The van der Waals surface area contributed by atoms with E-state index in [0.717, 1.165) is 50.5 Å². The third-order valence-electron chi connectivity index (χ3n) is 5.94. The van der Waals surface area contributed by atoms with Gasteiger partial charge in [-0.1, -0.05) is 0 Å². The monoisotopic (exact) mass is 515 g/mol. The number of anilines is 3. The van der Waals surface area contributed by atoms with Gasteiger partial charge in [-0.15, -0.1) is 0 Å². The first-order valence-electron chi connectivity index (χ1n) is 12.4. The first kappa shape index (κ1) is 28.1. The van der Waals surface area contributed by atoms with Gasteiger partial charge in [0.15, 0.2) is 0 Å². The number of benzene rings is 1. The number of ether oxygens (including phenoxy) is 2. The zero-order valence-electron chi connectivity index (χ0n) is 22.0. The number of hydrogen-bond donors (Lipinski definition) is 2. The van der Waals surface area contributed by atoms with Crippen molar-refractivity contribution in [3.05, 3.63) is 35.5 Å². The summed E-state index contributed by atoms with van der Waals surface area (Å²) in [4.78, 5) is 44.3. The summed E-state index contributed by atoms with van der Waals surface area (Å²) in [6.45, 7) is 9.75. The summed E-state index contributed by atoms with van der Waals surface area (Å²) in [5.74, 6) is 1.16. The Kier molecular flexibility index (Phi) is 10.9. The van der Waals surface area contributed by atoms with Gasteiger partial charge in [-0.05, 0) is 26.0 Å². The maximum absolute atomic E-state index is 12.5.